The van der Waals surface area contributed by atoms with Crippen molar-refractivity contribution in [3.8, 4) is 0 Å². The van der Waals surface area contributed by atoms with E-state index < -0.39 is 55.3 Å². The first-order valence-electron chi connectivity index (χ1n) is 7.49. The van der Waals surface area contributed by atoms with E-state index in [0.29, 0.717) is 0 Å². The van der Waals surface area contributed by atoms with Crippen LogP contribution in [-0.2, 0) is 28.4 Å². The van der Waals surface area contributed by atoms with Gasteiger partial charge in [-0.05, 0) is 6.92 Å². The molecular weight excluding hydrogens is 312 g/mol. The third kappa shape index (κ3) is 3.84. The van der Waals surface area contributed by atoms with Gasteiger partial charge in [0.1, 0.15) is 36.6 Å². The van der Waals surface area contributed by atoms with Gasteiger partial charge in [-0.1, -0.05) is 0 Å². The molecule has 0 unspecified atom stereocenters. The van der Waals surface area contributed by atoms with Crippen molar-refractivity contribution in [2.24, 2.45) is 0 Å². The van der Waals surface area contributed by atoms with Gasteiger partial charge in [-0.15, -0.1) is 0 Å². The fraction of sp³-hybridized carbons (Fsp3) is 1.00. The molecule has 2 aliphatic rings. The SMILES string of the molecule is CO[C@@H]1[C@@H](O[C@@H]2O[C@H](C)[C@H](O)[C@H](OC)[C@H]2OC)[C@H](O)CO[C@H]1O. The number of hydrogen-bond acceptors (Lipinski definition) is 9. The van der Waals surface area contributed by atoms with Crippen LogP contribution in [0.25, 0.3) is 0 Å². The molecule has 0 aromatic heterocycles. The highest BCUT2D eigenvalue weighted by Crippen LogP contribution is 2.29. The highest BCUT2D eigenvalue weighted by atomic mass is 16.7. The summed E-state index contributed by atoms with van der Waals surface area (Å²) in [7, 11) is 4.29. The first-order chi connectivity index (χ1) is 10.9. The summed E-state index contributed by atoms with van der Waals surface area (Å²) in [5.41, 5.74) is 0. The molecule has 0 aromatic rings. The van der Waals surface area contributed by atoms with Gasteiger partial charge in [0, 0.05) is 21.3 Å². The zero-order valence-electron chi connectivity index (χ0n) is 13.7. The molecule has 9 atom stereocenters. The van der Waals surface area contributed by atoms with Gasteiger partial charge < -0.3 is 43.7 Å². The fourth-order valence-electron chi connectivity index (χ4n) is 2.96. The van der Waals surface area contributed by atoms with Gasteiger partial charge in [0.05, 0.1) is 12.7 Å². The van der Waals surface area contributed by atoms with Crippen molar-refractivity contribution in [2.75, 3.05) is 27.9 Å². The molecule has 2 aliphatic heterocycles. The van der Waals surface area contributed by atoms with Crippen molar-refractivity contribution in [3.05, 3.63) is 0 Å². The van der Waals surface area contributed by atoms with E-state index in [1.165, 1.54) is 21.3 Å². The lowest BCUT2D eigenvalue weighted by Crippen LogP contribution is -2.62. The minimum absolute atomic E-state index is 0.0953. The molecule has 0 aliphatic carbocycles. The normalized spacial score (nSPS) is 48.4. The van der Waals surface area contributed by atoms with E-state index in [9.17, 15) is 15.3 Å². The fourth-order valence-corrected chi connectivity index (χ4v) is 2.96. The van der Waals surface area contributed by atoms with E-state index >= 15 is 0 Å². The van der Waals surface area contributed by atoms with Crippen LogP contribution in [0, 0.1) is 0 Å². The molecule has 0 bridgehead atoms. The van der Waals surface area contributed by atoms with Crippen molar-refractivity contribution in [2.45, 2.75) is 62.2 Å². The lowest BCUT2D eigenvalue weighted by molar-refractivity contribution is -0.347. The molecular formula is C14H26O9. The standard InChI is InChI=1S/C14H26O9/c1-6-8(16)10(18-2)12(20-4)14(22-6)23-9-7(15)5-21-13(17)11(9)19-3/h6-17H,5H2,1-4H3/t6-,7-,8+,9+,10+,11-,12-,13-,14+/m1/s1. The van der Waals surface area contributed by atoms with Crippen molar-refractivity contribution in [1.82, 2.24) is 0 Å². The Balaban J connectivity index is 2.15. The summed E-state index contributed by atoms with van der Waals surface area (Å²) in [5.74, 6) is 0. The molecule has 0 amide bonds. The highest BCUT2D eigenvalue weighted by Gasteiger charge is 2.49. The minimum Gasteiger partial charge on any atom is -0.388 e. The lowest BCUT2D eigenvalue weighted by Gasteiger charge is -2.45. The Hall–Kier alpha value is -0.360. The van der Waals surface area contributed by atoms with Crippen molar-refractivity contribution < 1.29 is 43.7 Å². The summed E-state index contributed by atoms with van der Waals surface area (Å²) in [6, 6.07) is 0. The summed E-state index contributed by atoms with van der Waals surface area (Å²) in [5, 5.41) is 30.1. The smallest absolute Gasteiger partial charge is 0.187 e. The van der Waals surface area contributed by atoms with E-state index in [-0.39, 0.29) is 6.61 Å². The number of aliphatic hydroxyl groups excluding tert-OH is 3. The molecule has 0 aromatic carbocycles. The van der Waals surface area contributed by atoms with Crippen LogP contribution in [0.1, 0.15) is 6.92 Å². The van der Waals surface area contributed by atoms with Gasteiger partial charge in [-0.2, -0.15) is 0 Å². The Morgan fingerprint density at radius 1 is 0.870 bits per heavy atom. The first kappa shape index (κ1) is 19.0. The van der Waals surface area contributed by atoms with Gasteiger partial charge in [0.15, 0.2) is 12.6 Å². The summed E-state index contributed by atoms with van der Waals surface area (Å²) in [4.78, 5) is 0. The van der Waals surface area contributed by atoms with Gasteiger partial charge >= 0.3 is 0 Å². The number of ether oxygens (including phenoxy) is 6. The maximum Gasteiger partial charge on any atom is 0.187 e. The Morgan fingerprint density at radius 3 is 2.04 bits per heavy atom. The molecule has 9 heteroatoms. The average Bonchev–Trinajstić information content (AvgIpc) is 2.54. The van der Waals surface area contributed by atoms with Crippen LogP contribution >= 0.6 is 0 Å². The quantitative estimate of drug-likeness (QED) is 0.535. The van der Waals surface area contributed by atoms with Crippen LogP contribution in [0.4, 0.5) is 0 Å². The van der Waals surface area contributed by atoms with Crippen LogP contribution in [0.5, 0.6) is 0 Å². The summed E-state index contributed by atoms with van der Waals surface area (Å²) >= 11 is 0. The van der Waals surface area contributed by atoms with E-state index in [2.05, 4.69) is 0 Å². The maximum absolute atomic E-state index is 10.1. The van der Waals surface area contributed by atoms with Crippen LogP contribution < -0.4 is 0 Å². The molecule has 2 fully saturated rings. The molecule has 3 N–H and O–H groups in total. The largest absolute Gasteiger partial charge is 0.388 e. The van der Waals surface area contributed by atoms with Gasteiger partial charge in [-0.25, -0.2) is 0 Å². The van der Waals surface area contributed by atoms with E-state index in [1.54, 1.807) is 6.92 Å². The summed E-state index contributed by atoms with van der Waals surface area (Å²) in [6.07, 6.45) is -7.72. The van der Waals surface area contributed by atoms with Crippen molar-refractivity contribution in [1.29, 1.82) is 0 Å². The van der Waals surface area contributed by atoms with Crippen LogP contribution in [0.15, 0.2) is 0 Å². The molecule has 2 saturated heterocycles. The second kappa shape index (κ2) is 8.15. The van der Waals surface area contributed by atoms with Crippen LogP contribution in [0.2, 0.25) is 0 Å². The Morgan fingerprint density at radius 2 is 1.48 bits per heavy atom. The molecule has 2 heterocycles. The Kier molecular flexibility index (Phi) is 6.72. The van der Waals surface area contributed by atoms with Crippen molar-refractivity contribution >= 4 is 0 Å². The van der Waals surface area contributed by atoms with Gasteiger partial charge in [0.25, 0.3) is 0 Å². The predicted octanol–water partition coefficient (Wildman–Crippen LogP) is -1.77. The first-order valence-corrected chi connectivity index (χ1v) is 7.49. The van der Waals surface area contributed by atoms with E-state index in [4.69, 9.17) is 28.4 Å². The van der Waals surface area contributed by atoms with Crippen LogP contribution in [0.3, 0.4) is 0 Å². The van der Waals surface area contributed by atoms with Gasteiger partial charge in [-0.3, -0.25) is 0 Å². The Bertz CT molecular complexity index is 368. The average molecular weight is 338 g/mol. The molecule has 0 radical (unpaired) electrons. The Labute approximate surface area is 135 Å². The molecule has 136 valence electrons. The van der Waals surface area contributed by atoms with E-state index in [1.807, 2.05) is 0 Å². The van der Waals surface area contributed by atoms with Crippen molar-refractivity contribution in [3.63, 3.8) is 0 Å². The number of aliphatic hydroxyl groups is 3. The molecule has 23 heavy (non-hydrogen) atoms. The van der Waals surface area contributed by atoms with Gasteiger partial charge in [0.2, 0.25) is 0 Å². The third-order valence-electron chi connectivity index (χ3n) is 4.29. The molecule has 2 rings (SSSR count). The second-order valence-corrected chi connectivity index (χ2v) is 5.69. The lowest BCUT2D eigenvalue weighted by atomic mass is 9.98. The zero-order valence-corrected chi connectivity index (χ0v) is 13.7. The summed E-state index contributed by atoms with van der Waals surface area (Å²) in [6.45, 7) is 1.59. The monoisotopic (exact) mass is 338 g/mol. The molecule has 0 spiro atoms. The molecule has 0 saturated carbocycles. The van der Waals surface area contributed by atoms with E-state index in [0.717, 1.165) is 0 Å². The molecule has 9 nitrogen and oxygen atoms in total. The maximum atomic E-state index is 10.1. The third-order valence-corrected chi connectivity index (χ3v) is 4.29. The second-order valence-electron chi connectivity index (χ2n) is 5.69. The number of hydrogen-bond donors (Lipinski definition) is 3. The zero-order chi connectivity index (χ0) is 17.1. The minimum atomic E-state index is -1.22. The number of rotatable bonds is 5. The topological polar surface area (TPSA) is 116 Å². The number of methoxy groups -OCH3 is 3. The van der Waals surface area contributed by atoms with Crippen LogP contribution in [-0.4, -0.2) is 98.6 Å². The predicted molar refractivity (Wildman–Crippen MR) is 75.6 cm³/mol. The summed E-state index contributed by atoms with van der Waals surface area (Å²) < 4.78 is 32.3. The highest BCUT2D eigenvalue weighted by molar-refractivity contribution is 4.92.